The summed E-state index contributed by atoms with van der Waals surface area (Å²) in [6.07, 6.45) is 0. The second kappa shape index (κ2) is 5.67. The standard InChI is InChI=1S/C11H15N5O2/c1-2-18-9(17)7-3-5-8(6-4-7)16(10(12)13)11(14)15/h3-6H,2H2,1H3,(H3,12,13)(H3,14,15). The molecule has 0 heterocycles. The van der Waals surface area contributed by atoms with Crippen molar-refractivity contribution in [3.05, 3.63) is 29.8 Å². The van der Waals surface area contributed by atoms with E-state index in [0.717, 1.165) is 4.90 Å². The number of nitrogens with two attached hydrogens (primary N) is 2. The molecule has 0 aromatic heterocycles. The van der Waals surface area contributed by atoms with Crippen LogP contribution >= 0.6 is 0 Å². The van der Waals surface area contributed by atoms with Gasteiger partial charge in [0.15, 0.2) is 11.9 Å². The monoisotopic (exact) mass is 249 g/mol. The predicted molar refractivity (Wildman–Crippen MR) is 68.7 cm³/mol. The molecular weight excluding hydrogens is 234 g/mol. The van der Waals surface area contributed by atoms with Gasteiger partial charge in [-0.1, -0.05) is 0 Å². The maximum absolute atomic E-state index is 11.4. The molecule has 18 heavy (non-hydrogen) atoms. The highest BCUT2D eigenvalue weighted by molar-refractivity contribution is 6.14. The van der Waals surface area contributed by atoms with Gasteiger partial charge in [0.2, 0.25) is 0 Å². The molecule has 0 aliphatic heterocycles. The third-order valence-electron chi connectivity index (χ3n) is 2.12. The molecule has 0 amide bonds. The van der Waals surface area contributed by atoms with E-state index in [0.29, 0.717) is 17.9 Å². The van der Waals surface area contributed by atoms with Crippen molar-refractivity contribution in [3.63, 3.8) is 0 Å². The molecule has 1 rings (SSSR count). The molecule has 0 saturated carbocycles. The predicted octanol–water partition coefficient (Wildman–Crippen LogP) is 0.457. The third-order valence-corrected chi connectivity index (χ3v) is 2.12. The van der Waals surface area contributed by atoms with Crippen molar-refractivity contribution in [2.45, 2.75) is 6.92 Å². The van der Waals surface area contributed by atoms with Gasteiger partial charge in [-0.05, 0) is 31.2 Å². The van der Waals surface area contributed by atoms with E-state index < -0.39 is 5.97 Å². The summed E-state index contributed by atoms with van der Waals surface area (Å²) < 4.78 is 4.84. The number of carbonyl (C=O) groups is 1. The summed E-state index contributed by atoms with van der Waals surface area (Å²) in [4.78, 5) is 12.5. The van der Waals surface area contributed by atoms with Crippen LogP contribution in [0.25, 0.3) is 0 Å². The molecule has 0 atom stereocenters. The van der Waals surface area contributed by atoms with Crippen LogP contribution in [0.15, 0.2) is 24.3 Å². The van der Waals surface area contributed by atoms with Crippen LogP contribution in [0.1, 0.15) is 17.3 Å². The number of hydrogen-bond donors (Lipinski definition) is 4. The van der Waals surface area contributed by atoms with Crippen molar-refractivity contribution < 1.29 is 9.53 Å². The van der Waals surface area contributed by atoms with Crippen molar-refractivity contribution in [3.8, 4) is 0 Å². The van der Waals surface area contributed by atoms with E-state index in [9.17, 15) is 4.79 Å². The molecule has 0 radical (unpaired) electrons. The minimum absolute atomic E-state index is 0.299. The summed E-state index contributed by atoms with van der Waals surface area (Å²) in [5.74, 6) is -1.17. The van der Waals surface area contributed by atoms with Gasteiger partial charge in [0.25, 0.3) is 0 Å². The van der Waals surface area contributed by atoms with Crippen LogP contribution < -0.4 is 16.4 Å². The lowest BCUT2D eigenvalue weighted by atomic mass is 10.2. The normalized spacial score (nSPS) is 9.61. The Morgan fingerprint density at radius 3 is 2.11 bits per heavy atom. The van der Waals surface area contributed by atoms with E-state index in [1.807, 2.05) is 0 Å². The van der Waals surface area contributed by atoms with Gasteiger partial charge in [0.1, 0.15) is 0 Å². The molecule has 7 nitrogen and oxygen atoms in total. The molecule has 0 spiro atoms. The first kappa shape index (κ1) is 13.5. The largest absolute Gasteiger partial charge is 0.462 e. The highest BCUT2D eigenvalue weighted by atomic mass is 16.5. The Bertz CT molecular complexity index is 455. The van der Waals surface area contributed by atoms with E-state index >= 15 is 0 Å². The second-order valence-corrected chi connectivity index (χ2v) is 3.37. The summed E-state index contributed by atoms with van der Waals surface area (Å²) in [5.41, 5.74) is 11.4. The Kier molecular flexibility index (Phi) is 4.25. The summed E-state index contributed by atoms with van der Waals surface area (Å²) >= 11 is 0. The number of benzene rings is 1. The average molecular weight is 249 g/mol. The van der Waals surface area contributed by atoms with Gasteiger partial charge in [-0.2, -0.15) is 0 Å². The van der Waals surface area contributed by atoms with Gasteiger partial charge in [0, 0.05) is 0 Å². The molecule has 0 aliphatic carbocycles. The zero-order chi connectivity index (χ0) is 13.7. The van der Waals surface area contributed by atoms with E-state index in [-0.39, 0.29) is 11.9 Å². The number of nitrogens with one attached hydrogen (secondary N) is 2. The lowest BCUT2D eigenvalue weighted by molar-refractivity contribution is 0.0526. The molecular formula is C11H15N5O2. The van der Waals surface area contributed by atoms with Crippen molar-refractivity contribution in [1.82, 2.24) is 0 Å². The topological polar surface area (TPSA) is 129 Å². The molecule has 7 heteroatoms. The fourth-order valence-electron chi connectivity index (χ4n) is 1.37. The zero-order valence-electron chi connectivity index (χ0n) is 9.93. The van der Waals surface area contributed by atoms with Crippen LogP contribution in [0.3, 0.4) is 0 Å². The van der Waals surface area contributed by atoms with E-state index in [4.69, 9.17) is 27.0 Å². The number of rotatable bonds is 3. The molecule has 6 N–H and O–H groups in total. The van der Waals surface area contributed by atoms with Crippen molar-refractivity contribution in [1.29, 1.82) is 10.8 Å². The minimum Gasteiger partial charge on any atom is -0.462 e. The number of carbonyl (C=O) groups excluding carboxylic acids is 1. The Labute approximate surface area is 104 Å². The van der Waals surface area contributed by atoms with Crippen LogP contribution in [-0.4, -0.2) is 24.5 Å². The summed E-state index contributed by atoms with van der Waals surface area (Å²) in [6, 6.07) is 6.11. The number of ether oxygens (including phenoxy) is 1. The average Bonchev–Trinajstić information content (AvgIpc) is 2.29. The Morgan fingerprint density at radius 2 is 1.72 bits per heavy atom. The molecule has 0 aliphatic rings. The summed E-state index contributed by atoms with van der Waals surface area (Å²) in [7, 11) is 0. The molecule has 1 aromatic carbocycles. The van der Waals surface area contributed by atoms with Crippen LogP contribution in [0.2, 0.25) is 0 Å². The van der Waals surface area contributed by atoms with Crippen LogP contribution in [0, 0.1) is 10.8 Å². The lowest BCUT2D eigenvalue weighted by Gasteiger charge is -2.20. The lowest BCUT2D eigenvalue weighted by Crippen LogP contribution is -2.45. The van der Waals surface area contributed by atoms with E-state index in [1.54, 1.807) is 6.92 Å². The van der Waals surface area contributed by atoms with Gasteiger partial charge in [-0.3, -0.25) is 15.7 Å². The summed E-state index contributed by atoms with van der Waals surface area (Å²) in [6.45, 7) is 2.02. The van der Waals surface area contributed by atoms with Crippen LogP contribution in [0.4, 0.5) is 5.69 Å². The van der Waals surface area contributed by atoms with Crippen molar-refractivity contribution >= 4 is 23.6 Å². The van der Waals surface area contributed by atoms with Gasteiger partial charge in [0.05, 0.1) is 17.9 Å². The van der Waals surface area contributed by atoms with Gasteiger partial charge >= 0.3 is 5.97 Å². The first-order valence-corrected chi connectivity index (χ1v) is 5.22. The summed E-state index contributed by atoms with van der Waals surface area (Å²) in [5, 5.41) is 14.6. The van der Waals surface area contributed by atoms with Gasteiger partial charge in [-0.25, -0.2) is 4.79 Å². The Hall–Kier alpha value is -2.57. The molecule has 1 aromatic rings. The van der Waals surface area contributed by atoms with Crippen molar-refractivity contribution in [2.24, 2.45) is 11.5 Å². The molecule has 0 unspecified atom stereocenters. The molecule has 0 bridgehead atoms. The highest BCUT2D eigenvalue weighted by Gasteiger charge is 2.13. The maximum Gasteiger partial charge on any atom is 0.338 e. The number of anilines is 1. The smallest absolute Gasteiger partial charge is 0.338 e. The van der Waals surface area contributed by atoms with Gasteiger partial charge in [-0.15, -0.1) is 0 Å². The fraction of sp³-hybridized carbons (Fsp3) is 0.182. The molecule has 0 saturated heterocycles. The Balaban J connectivity index is 2.97. The number of esters is 1. The fourth-order valence-corrected chi connectivity index (χ4v) is 1.37. The Morgan fingerprint density at radius 1 is 1.22 bits per heavy atom. The number of nitrogens with zero attached hydrogens (tertiary/aromatic N) is 1. The second-order valence-electron chi connectivity index (χ2n) is 3.37. The zero-order valence-corrected chi connectivity index (χ0v) is 9.93. The minimum atomic E-state index is -0.429. The third kappa shape index (κ3) is 2.97. The quantitative estimate of drug-likeness (QED) is 0.351. The van der Waals surface area contributed by atoms with E-state index in [1.165, 1.54) is 24.3 Å². The van der Waals surface area contributed by atoms with E-state index in [2.05, 4.69) is 0 Å². The van der Waals surface area contributed by atoms with Gasteiger partial charge < -0.3 is 16.2 Å². The SMILES string of the molecule is CCOC(=O)c1ccc(N(C(=N)N)C(=N)N)cc1. The van der Waals surface area contributed by atoms with Crippen molar-refractivity contribution in [2.75, 3.05) is 11.5 Å². The van der Waals surface area contributed by atoms with Crippen LogP contribution in [0.5, 0.6) is 0 Å². The number of hydrogen-bond acceptors (Lipinski definition) is 4. The van der Waals surface area contributed by atoms with Crippen LogP contribution in [-0.2, 0) is 4.74 Å². The first-order valence-electron chi connectivity index (χ1n) is 5.22. The maximum atomic E-state index is 11.4. The first-order chi connectivity index (χ1) is 8.47. The molecule has 96 valence electrons. The molecule has 0 fully saturated rings. The number of guanidine groups is 2. The highest BCUT2D eigenvalue weighted by Crippen LogP contribution is 2.15.